The standard InChI is InChI=1S/C17H16F3N5O6S2/c1-8(4-10(26)7-33(21,28)29)6-32-16-13(22-31-24-16)15-23-30-17(27)25(15)9-2-3-12(18)11(5-9)14(19)20/h2-3,5,8,14H,4,6-7H2,1H3,(H2,21,28,29). The van der Waals surface area contributed by atoms with Gasteiger partial charge in [-0.25, -0.2) is 40.7 Å². The first-order valence-corrected chi connectivity index (χ1v) is 11.8. The normalized spacial score (nSPS) is 12.9. The van der Waals surface area contributed by atoms with Gasteiger partial charge in [-0.15, -0.1) is 11.8 Å². The zero-order chi connectivity index (χ0) is 24.3. The average molecular weight is 507 g/mol. The fraction of sp³-hybridized carbons (Fsp3) is 0.353. The van der Waals surface area contributed by atoms with Crippen molar-refractivity contribution in [3.63, 3.8) is 0 Å². The number of ketones is 1. The predicted molar refractivity (Wildman–Crippen MR) is 108 cm³/mol. The van der Waals surface area contributed by atoms with Crippen LogP contribution in [0.25, 0.3) is 17.2 Å². The Morgan fingerprint density at radius 3 is 2.67 bits per heavy atom. The van der Waals surface area contributed by atoms with Crippen molar-refractivity contribution in [3.05, 3.63) is 40.1 Å². The van der Waals surface area contributed by atoms with Crippen LogP contribution >= 0.6 is 11.8 Å². The lowest BCUT2D eigenvalue weighted by atomic mass is 10.1. The lowest BCUT2D eigenvalue weighted by Crippen LogP contribution is -2.24. The number of carbonyl (C=O) groups excluding carboxylic acids is 1. The SMILES string of the molecule is CC(CSc1nonc1-c1noc(=O)n1-c1ccc(F)c(C(F)F)c1)CC(=O)CS(N)(=O)=O. The van der Waals surface area contributed by atoms with E-state index in [9.17, 15) is 31.2 Å². The number of thioether (sulfide) groups is 1. The van der Waals surface area contributed by atoms with Gasteiger partial charge in [-0.2, -0.15) is 0 Å². The molecule has 3 rings (SSSR count). The molecule has 0 aliphatic heterocycles. The number of halogens is 3. The molecule has 1 aromatic carbocycles. The van der Waals surface area contributed by atoms with Crippen molar-refractivity contribution in [2.24, 2.45) is 11.1 Å². The molecule has 2 aromatic heterocycles. The minimum atomic E-state index is -3.93. The molecule has 0 aliphatic carbocycles. The molecule has 2 heterocycles. The Kier molecular flexibility index (Phi) is 7.38. The number of carbonyl (C=O) groups is 1. The van der Waals surface area contributed by atoms with Crippen molar-refractivity contribution in [2.45, 2.75) is 24.8 Å². The van der Waals surface area contributed by atoms with Crippen LogP contribution in [0.5, 0.6) is 0 Å². The molecule has 0 bridgehead atoms. The summed E-state index contributed by atoms with van der Waals surface area (Å²) in [6.45, 7) is 1.69. The predicted octanol–water partition coefficient (Wildman–Crippen LogP) is 1.93. The summed E-state index contributed by atoms with van der Waals surface area (Å²) in [4.78, 5) is 24.0. The number of sulfonamides is 1. The van der Waals surface area contributed by atoms with Crippen LogP contribution in [0.1, 0.15) is 25.3 Å². The number of nitrogens with zero attached hydrogens (tertiary/aromatic N) is 4. The van der Waals surface area contributed by atoms with E-state index in [0.717, 1.165) is 34.5 Å². The van der Waals surface area contributed by atoms with Crippen LogP contribution in [0.3, 0.4) is 0 Å². The molecule has 0 amide bonds. The zero-order valence-electron chi connectivity index (χ0n) is 16.8. The molecular weight excluding hydrogens is 491 g/mol. The summed E-state index contributed by atoms with van der Waals surface area (Å²) in [5.41, 5.74) is -1.12. The number of nitrogens with two attached hydrogens (primary N) is 1. The number of hydrogen-bond acceptors (Lipinski definition) is 10. The summed E-state index contributed by atoms with van der Waals surface area (Å²) < 4.78 is 71.9. The minimum absolute atomic E-state index is 0.0585. The zero-order valence-corrected chi connectivity index (χ0v) is 18.4. The van der Waals surface area contributed by atoms with E-state index in [1.165, 1.54) is 0 Å². The van der Waals surface area contributed by atoms with Crippen LogP contribution in [-0.4, -0.2) is 45.7 Å². The van der Waals surface area contributed by atoms with Gasteiger partial charge in [0.1, 0.15) is 17.4 Å². The number of rotatable bonds is 10. The van der Waals surface area contributed by atoms with Gasteiger partial charge < -0.3 is 0 Å². The van der Waals surface area contributed by atoms with Crippen LogP contribution in [0.4, 0.5) is 13.2 Å². The van der Waals surface area contributed by atoms with Crippen LogP contribution in [-0.2, 0) is 14.8 Å². The summed E-state index contributed by atoms with van der Waals surface area (Å²) in [6.07, 6.45) is -3.19. The average Bonchev–Trinajstić information content (AvgIpc) is 3.31. The van der Waals surface area contributed by atoms with Gasteiger partial charge in [-0.3, -0.25) is 9.32 Å². The van der Waals surface area contributed by atoms with E-state index in [2.05, 4.69) is 20.0 Å². The molecule has 1 atom stereocenters. The Balaban J connectivity index is 1.83. The molecule has 3 aromatic rings. The monoisotopic (exact) mass is 507 g/mol. The van der Waals surface area contributed by atoms with Gasteiger partial charge in [0, 0.05) is 12.2 Å². The molecule has 0 aliphatic rings. The van der Waals surface area contributed by atoms with Crippen molar-refractivity contribution < 1.29 is 35.5 Å². The Morgan fingerprint density at radius 1 is 1.27 bits per heavy atom. The molecule has 33 heavy (non-hydrogen) atoms. The quantitative estimate of drug-likeness (QED) is 0.401. The Bertz CT molecular complexity index is 1320. The van der Waals surface area contributed by atoms with Crippen molar-refractivity contribution in [2.75, 3.05) is 11.5 Å². The maximum absolute atomic E-state index is 13.6. The highest BCUT2D eigenvalue weighted by atomic mass is 32.2. The highest BCUT2D eigenvalue weighted by molar-refractivity contribution is 7.99. The second-order valence-electron chi connectivity index (χ2n) is 7.00. The maximum atomic E-state index is 13.6. The van der Waals surface area contributed by atoms with Gasteiger partial charge in [0.15, 0.2) is 10.7 Å². The van der Waals surface area contributed by atoms with Crippen LogP contribution in [0.15, 0.2) is 37.2 Å². The van der Waals surface area contributed by atoms with E-state index in [1.54, 1.807) is 6.92 Å². The first-order valence-electron chi connectivity index (χ1n) is 9.11. The number of primary sulfonamides is 1. The topological polar surface area (TPSA) is 164 Å². The van der Waals surface area contributed by atoms with Gasteiger partial charge in [-0.05, 0) is 34.4 Å². The fourth-order valence-corrected chi connectivity index (χ4v) is 4.31. The molecule has 2 N–H and O–H groups in total. The third-order valence-corrected chi connectivity index (χ3v) is 6.19. The summed E-state index contributed by atoms with van der Waals surface area (Å²) in [7, 11) is -3.93. The number of alkyl halides is 2. The maximum Gasteiger partial charge on any atom is 0.446 e. The highest BCUT2D eigenvalue weighted by Crippen LogP contribution is 2.31. The van der Waals surface area contributed by atoms with Gasteiger partial charge in [0.25, 0.3) is 6.43 Å². The summed E-state index contributed by atoms with van der Waals surface area (Å²) in [5, 5.41) is 16.0. The van der Waals surface area contributed by atoms with Crippen LogP contribution < -0.4 is 10.9 Å². The Hall–Kier alpha value is -2.98. The molecular formula is C17H16F3N5O6S2. The second-order valence-corrected chi connectivity index (χ2v) is 9.62. The third-order valence-electron chi connectivity index (χ3n) is 4.19. The van der Waals surface area contributed by atoms with E-state index in [0.29, 0.717) is 0 Å². The van der Waals surface area contributed by atoms with Crippen molar-refractivity contribution in [1.82, 2.24) is 20.0 Å². The number of benzene rings is 1. The van der Waals surface area contributed by atoms with E-state index < -0.39 is 45.1 Å². The molecule has 178 valence electrons. The molecule has 0 fully saturated rings. The lowest BCUT2D eigenvalue weighted by molar-refractivity contribution is -0.117. The minimum Gasteiger partial charge on any atom is -0.299 e. The first-order chi connectivity index (χ1) is 15.5. The molecule has 0 radical (unpaired) electrons. The molecule has 0 saturated carbocycles. The summed E-state index contributed by atoms with van der Waals surface area (Å²) in [6, 6.07) is 2.64. The number of hydrogen-bond donors (Lipinski definition) is 1. The van der Waals surface area contributed by atoms with Crippen LogP contribution in [0, 0.1) is 11.7 Å². The summed E-state index contributed by atoms with van der Waals surface area (Å²) in [5.74, 6) is -3.77. The Morgan fingerprint density at radius 2 is 2.00 bits per heavy atom. The highest BCUT2D eigenvalue weighted by Gasteiger charge is 2.25. The summed E-state index contributed by atoms with van der Waals surface area (Å²) >= 11 is 1.06. The molecule has 11 nitrogen and oxygen atoms in total. The van der Waals surface area contributed by atoms with E-state index >= 15 is 0 Å². The molecule has 16 heteroatoms. The fourth-order valence-electron chi connectivity index (χ4n) is 2.83. The van der Waals surface area contributed by atoms with Crippen LogP contribution in [0.2, 0.25) is 0 Å². The lowest BCUT2D eigenvalue weighted by Gasteiger charge is -2.09. The number of Topliss-reactive ketones (excluding diaryl/α,β-unsaturated/α-hetero) is 1. The van der Waals surface area contributed by atoms with E-state index in [4.69, 9.17) is 9.77 Å². The van der Waals surface area contributed by atoms with Crippen molar-refractivity contribution in [1.29, 1.82) is 0 Å². The van der Waals surface area contributed by atoms with Crippen molar-refractivity contribution in [3.8, 4) is 17.2 Å². The van der Waals surface area contributed by atoms with Crippen molar-refractivity contribution >= 4 is 27.6 Å². The van der Waals surface area contributed by atoms with Gasteiger partial charge in [0.05, 0.1) is 11.3 Å². The van der Waals surface area contributed by atoms with Gasteiger partial charge in [-0.1, -0.05) is 12.1 Å². The Labute approximate surface area is 188 Å². The van der Waals surface area contributed by atoms with Gasteiger partial charge >= 0.3 is 5.76 Å². The third kappa shape index (κ3) is 6.08. The van der Waals surface area contributed by atoms with E-state index in [1.807, 2.05) is 0 Å². The molecule has 0 saturated heterocycles. The number of aromatic nitrogens is 4. The largest absolute Gasteiger partial charge is 0.446 e. The molecule has 1 unspecified atom stereocenters. The molecule has 0 spiro atoms. The first kappa shape index (κ1) is 24.7. The smallest absolute Gasteiger partial charge is 0.299 e. The van der Waals surface area contributed by atoms with Gasteiger partial charge in [0.2, 0.25) is 15.8 Å². The second kappa shape index (κ2) is 9.88. The van der Waals surface area contributed by atoms with E-state index in [-0.39, 0.29) is 40.3 Å².